The largest absolute Gasteiger partial charge is 0.464 e. The molecule has 0 saturated heterocycles. The first-order chi connectivity index (χ1) is 9.36. The first-order valence-corrected chi connectivity index (χ1v) is 6.63. The van der Waals surface area contributed by atoms with E-state index in [0.717, 1.165) is 5.69 Å². The molecule has 0 spiro atoms. The van der Waals surface area contributed by atoms with Gasteiger partial charge in [-0.15, -0.1) is 0 Å². The fourth-order valence-electron chi connectivity index (χ4n) is 2.32. The molecule has 2 rings (SSSR count). The van der Waals surface area contributed by atoms with Crippen LogP contribution >= 0.6 is 0 Å². The molecular formula is C15H19NO4. The number of hydrogen-bond donors (Lipinski definition) is 0. The topological polar surface area (TPSA) is 55.8 Å². The Morgan fingerprint density at radius 1 is 1.35 bits per heavy atom. The second-order valence-electron chi connectivity index (χ2n) is 5.58. The number of ether oxygens (including phenoxy) is 2. The molecule has 0 aliphatic carbocycles. The van der Waals surface area contributed by atoms with Gasteiger partial charge in [-0.1, -0.05) is 12.1 Å². The van der Waals surface area contributed by atoms with Gasteiger partial charge in [0.1, 0.15) is 0 Å². The summed E-state index contributed by atoms with van der Waals surface area (Å²) >= 11 is 0. The molecule has 1 aliphatic rings. The number of benzene rings is 1. The number of hydrogen-bond acceptors (Lipinski definition) is 5. The van der Waals surface area contributed by atoms with Gasteiger partial charge in [0.2, 0.25) is 6.04 Å². The maximum Gasteiger partial charge on any atom is 0.346 e. The van der Waals surface area contributed by atoms with Crippen LogP contribution in [0.3, 0.4) is 0 Å². The summed E-state index contributed by atoms with van der Waals surface area (Å²) in [5.74, 6) is -0.716. The van der Waals surface area contributed by atoms with E-state index in [2.05, 4.69) is 0 Å². The van der Waals surface area contributed by atoms with Gasteiger partial charge in [0.05, 0.1) is 12.3 Å². The molecule has 0 saturated carbocycles. The van der Waals surface area contributed by atoms with E-state index in [4.69, 9.17) is 9.47 Å². The molecule has 5 heteroatoms. The summed E-state index contributed by atoms with van der Waals surface area (Å²) in [4.78, 5) is 26.0. The van der Waals surface area contributed by atoms with Gasteiger partial charge in [0, 0.05) is 5.54 Å². The number of fused-ring (bicyclic) bond motifs is 1. The average molecular weight is 277 g/mol. The minimum absolute atomic E-state index is 0.224. The van der Waals surface area contributed by atoms with E-state index in [1.807, 2.05) is 32.9 Å². The van der Waals surface area contributed by atoms with Gasteiger partial charge < -0.3 is 14.4 Å². The predicted octanol–water partition coefficient (Wildman–Crippen LogP) is 2.14. The zero-order valence-electron chi connectivity index (χ0n) is 12.2. The van der Waals surface area contributed by atoms with Crippen LogP contribution < -0.4 is 9.64 Å². The lowest BCUT2D eigenvalue weighted by molar-refractivity contribution is -0.153. The van der Waals surface area contributed by atoms with Crippen molar-refractivity contribution in [3.8, 4) is 5.75 Å². The summed E-state index contributed by atoms with van der Waals surface area (Å²) in [6.07, 6.45) is 0. The van der Waals surface area contributed by atoms with Crippen LogP contribution in [0.2, 0.25) is 0 Å². The molecule has 1 heterocycles. The zero-order valence-corrected chi connectivity index (χ0v) is 12.2. The lowest BCUT2D eigenvalue weighted by Crippen LogP contribution is -2.59. The SMILES string of the molecule is CCOC(=O)C1C(=O)Oc2ccccc2N1C(C)(C)C. The highest BCUT2D eigenvalue weighted by molar-refractivity contribution is 6.06. The second-order valence-corrected chi connectivity index (χ2v) is 5.58. The Balaban J connectivity index is 2.52. The van der Waals surface area contributed by atoms with E-state index in [1.54, 1.807) is 24.0 Å². The Morgan fingerprint density at radius 2 is 2.00 bits per heavy atom. The molecule has 0 fully saturated rings. The quantitative estimate of drug-likeness (QED) is 0.471. The number of esters is 2. The normalized spacial score (nSPS) is 18.3. The third-order valence-electron chi connectivity index (χ3n) is 3.05. The van der Waals surface area contributed by atoms with Crippen molar-refractivity contribution in [2.45, 2.75) is 39.3 Å². The summed E-state index contributed by atoms with van der Waals surface area (Å²) in [6, 6.07) is 6.12. The molecule has 1 aromatic carbocycles. The summed E-state index contributed by atoms with van der Waals surface area (Å²) in [5.41, 5.74) is 0.296. The molecule has 1 atom stereocenters. The Hall–Kier alpha value is -2.04. The van der Waals surface area contributed by atoms with Crippen molar-refractivity contribution in [1.82, 2.24) is 0 Å². The molecule has 0 bridgehead atoms. The van der Waals surface area contributed by atoms with E-state index >= 15 is 0 Å². The Labute approximate surface area is 118 Å². The van der Waals surface area contributed by atoms with Gasteiger partial charge in [0.15, 0.2) is 5.75 Å². The van der Waals surface area contributed by atoms with Gasteiger partial charge in [-0.05, 0) is 39.8 Å². The molecule has 0 amide bonds. The van der Waals surface area contributed by atoms with Gasteiger partial charge in [-0.25, -0.2) is 9.59 Å². The molecular weight excluding hydrogens is 258 g/mol. The highest BCUT2D eigenvalue weighted by Crippen LogP contribution is 2.38. The van der Waals surface area contributed by atoms with Crippen LogP contribution in [0.15, 0.2) is 24.3 Å². The molecule has 1 aromatic rings. The fraction of sp³-hybridized carbons (Fsp3) is 0.467. The Kier molecular flexibility index (Phi) is 3.70. The minimum Gasteiger partial charge on any atom is -0.464 e. The standard InChI is InChI=1S/C15H19NO4/c1-5-19-13(17)12-14(18)20-11-9-7-6-8-10(11)16(12)15(2,3)4/h6-9,12H,5H2,1-4H3. The van der Waals surface area contributed by atoms with Crippen LogP contribution in [0.4, 0.5) is 5.69 Å². The third kappa shape index (κ3) is 2.48. The zero-order chi connectivity index (χ0) is 14.9. The highest BCUT2D eigenvalue weighted by atomic mass is 16.6. The van der Waals surface area contributed by atoms with Gasteiger partial charge in [-0.2, -0.15) is 0 Å². The van der Waals surface area contributed by atoms with Crippen molar-refractivity contribution >= 4 is 17.6 Å². The van der Waals surface area contributed by atoms with Crippen LogP contribution in [0.1, 0.15) is 27.7 Å². The van der Waals surface area contributed by atoms with Gasteiger partial charge >= 0.3 is 11.9 Å². The highest BCUT2D eigenvalue weighted by Gasteiger charge is 2.45. The molecule has 1 aliphatic heterocycles. The summed E-state index contributed by atoms with van der Waals surface area (Å²) in [7, 11) is 0. The molecule has 0 aromatic heterocycles. The van der Waals surface area contributed by atoms with Crippen molar-refractivity contribution in [2.24, 2.45) is 0 Å². The molecule has 1 unspecified atom stereocenters. The maximum absolute atomic E-state index is 12.2. The van der Waals surface area contributed by atoms with E-state index in [1.165, 1.54) is 0 Å². The number of rotatable bonds is 2. The molecule has 108 valence electrons. The number of anilines is 1. The summed E-state index contributed by atoms with van der Waals surface area (Å²) in [5, 5.41) is 0. The van der Waals surface area contributed by atoms with E-state index < -0.39 is 23.5 Å². The van der Waals surface area contributed by atoms with Crippen molar-refractivity contribution < 1.29 is 19.1 Å². The lowest BCUT2D eigenvalue weighted by Gasteiger charge is -2.44. The van der Waals surface area contributed by atoms with E-state index in [-0.39, 0.29) is 6.61 Å². The monoisotopic (exact) mass is 277 g/mol. The number of para-hydroxylation sites is 2. The van der Waals surface area contributed by atoms with Gasteiger partial charge in [0.25, 0.3) is 0 Å². The van der Waals surface area contributed by atoms with Crippen LogP contribution in [-0.4, -0.2) is 30.1 Å². The van der Waals surface area contributed by atoms with Crippen LogP contribution in [0, 0.1) is 0 Å². The maximum atomic E-state index is 12.2. The third-order valence-corrected chi connectivity index (χ3v) is 3.05. The summed E-state index contributed by atoms with van der Waals surface area (Å²) in [6.45, 7) is 7.75. The molecule has 5 nitrogen and oxygen atoms in total. The van der Waals surface area contributed by atoms with Crippen molar-refractivity contribution in [3.63, 3.8) is 0 Å². The Bertz CT molecular complexity index is 533. The van der Waals surface area contributed by atoms with E-state index in [9.17, 15) is 9.59 Å². The second kappa shape index (κ2) is 5.15. The smallest absolute Gasteiger partial charge is 0.346 e. The van der Waals surface area contributed by atoms with Crippen LogP contribution in [0.5, 0.6) is 5.75 Å². The molecule has 0 radical (unpaired) electrons. The number of carbonyl (C=O) groups is 2. The average Bonchev–Trinajstić information content (AvgIpc) is 2.36. The molecule has 0 N–H and O–H groups in total. The van der Waals surface area contributed by atoms with Crippen LogP contribution in [-0.2, 0) is 14.3 Å². The van der Waals surface area contributed by atoms with E-state index in [0.29, 0.717) is 5.75 Å². The first kappa shape index (κ1) is 14.4. The Morgan fingerprint density at radius 3 is 2.60 bits per heavy atom. The van der Waals surface area contributed by atoms with Gasteiger partial charge in [-0.3, -0.25) is 0 Å². The predicted molar refractivity (Wildman–Crippen MR) is 74.7 cm³/mol. The lowest BCUT2D eigenvalue weighted by atomic mass is 9.99. The van der Waals surface area contributed by atoms with Crippen molar-refractivity contribution in [3.05, 3.63) is 24.3 Å². The fourth-order valence-corrected chi connectivity index (χ4v) is 2.32. The summed E-state index contributed by atoms with van der Waals surface area (Å²) < 4.78 is 10.3. The minimum atomic E-state index is -1.06. The molecule has 20 heavy (non-hydrogen) atoms. The van der Waals surface area contributed by atoms with Crippen LogP contribution in [0.25, 0.3) is 0 Å². The number of carbonyl (C=O) groups excluding carboxylic acids is 2. The first-order valence-electron chi connectivity index (χ1n) is 6.63. The van der Waals surface area contributed by atoms with Crippen molar-refractivity contribution in [2.75, 3.05) is 11.5 Å². The number of nitrogens with zero attached hydrogens (tertiary/aromatic N) is 1. The van der Waals surface area contributed by atoms with Crippen molar-refractivity contribution in [1.29, 1.82) is 0 Å².